The molecule has 2 N–H and O–H groups in total. The molecule has 0 aliphatic rings. The molecule has 2 rings (SSSR count). The molecule has 0 radical (unpaired) electrons. The quantitative estimate of drug-likeness (QED) is 0.787. The van der Waals surface area contributed by atoms with Crippen LogP contribution < -0.4 is 5.32 Å². The Morgan fingerprint density at radius 3 is 2.89 bits per heavy atom. The van der Waals surface area contributed by atoms with E-state index in [1.54, 1.807) is 6.20 Å². The Morgan fingerprint density at radius 2 is 2.06 bits per heavy atom. The number of fused-ring (bicyclic) bond motifs is 1. The summed E-state index contributed by atoms with van der Waals surface area (Å²) >= 11 is 0. The molecule has 0 saturated carbocycles. The van der Waals surface area contributed by atoms with Crippen LogP contribution in [-0.2, 0) is 0 Å². The van der Waals surface area contributed by atoms with Gasteiger partial charge >= 0.3 is 0 Å². The fourth-order valence-electron chi connectivity index (χ4n) is 1.82. The van der Waals surface area contributed by atoms with Crippen molar-refractivity contribution in [3.8, 4) is 0 Å². The van der Waals surface area contributed by atoms with Gasteiger partial charge in [0, 0.05) is 24.7 Å². The molecule has 0 aliphatic heterocycles. The van der Waals surface area contributed by atoms with Gasteiger partial charge in [-0.15, -0.1) is 0 Å². The molecule has 4 heteroatoms. The molecule has 1 heterocycles. The van der Waals surface area contributed by atoms with Crippen LogP contribution in [0.1, 0.15) is 23.3 Å². The van der Waals surface area contributed by atoms with Crippen molar-refractivity contribution >= 4 is 16.7 Å². The van der Waals surface area contributed by atoms with Gasteiger partial charge in [-0.3, -0.25) is 9.78 Å². The van der Waals surface area contributed by atoms with E-state index in [1.165, 1.54) is 0 Å². The van der Waals surface area contributed by atoms with Gasteiger partial charge in [0.2, 0.25) is 0 Å². The molecule has 18 heavy (non-hydrogen) atoms. The number of carbonyl (C=O) groups excluding carboxylic acids is 1. The molecule has 4 nitrogen and oxygen atoms in total. The number of amides is 1. The number of aromatic nitrogens is 1. The molecule has 94 valence electrons. The number of pyridine rings is 1. The van der Waals surface area contributed by atoms with E-state index in [9.17, 15) is 4.79 Å². The number of hydrogen-bond donors (Lipinski definition) is 2. The molecule has 0 fully saturated rings. The monoisotopic (exact) mass is 244 g/mol. The van der Waals surface area contributed by atoms with Crippen LogP contribution in [-0.4, -0.2) is 29.1 Å². The van der Waals surface area contributed by atoms with Gasteiger partial charge in [0.15, 0.2) is 0 Å². The molecule has 0 atom stereocenters. The van der Waals surface area contributed by atoms with Gasteiger partial charge in [0.1, 0.15) is 5.69 Å². The van der Waals surface area contributed by atoms with Gasteiger partial charge < -0.3 is 10.4 Å². The number of unbranched alkanes of at least 4 members (excludes halogenated alkanes) is 1. The van der Waals surface area contributed by atoms with Crippen LogP contribution in [0.5, 0.6) is 0 Å². The Balaban J connectivity index is 2.13. The fraction of sp³-hybridized carbons (Fsp3) is 0.286. The minimum absolute atomic E-state index is 0.155. The van der Waals surface area contributed by atoms with Crippen molar-refractivity contribution in [3.63, 3.8) is 0 Å². The largest absolute Gasteiger partial charge is 0.396 e. The zero-order valence-corrected chi connectivity index (χ0v) is 10.1. The lowest BCUT2D eigenvalue weighted by Crippen LogP contribution is -2.25. The highest BCUT2D eigenvalue weighted by molar-refractivity contribution is 6.05. The van der Waals surface area contributed by atoms with Crippen LogP contribution in [0, 0.1) is 0 Å². The molecule has 2 aromatic rings. The van der Waals surface area contributed by atoms with Crippen molar-refractivity contribution in [2.24, 2.45) is 0 Å². The second kappa shape index (κ2) is 6.12. The first-order valence-corrected chi connectivity index (χ1v) is 6.06. The van der Waals surface area contributed by atoms with E-state index < -0.39 is 0 Å². The highest BCUT2D eigenvalue weighted by Gasteiger charge is 2.10. The molecule has 0 aliphatic carbocycles. The van der Waals surface area contributed by atoms with Crippen molar-refractivity contribution in [1.82, 2.24) is 10.3 Å². The van der Waals surface area contributed by atoms with E-state index in [4.69, 9.17) is 5.11 Å². The average molecular weight is 244 g/mol. The first-order chi connectivity index (χ1) is 8.83. The zero-order chi connectivity index (χ0) is 12.8. The number of aliphatic hydroxyl groups is 1. The van der Waals surface area contributed by atoms with E-state index in [-0.39, 0.29) is 12.5 Å². The minimum Gasteiger partial charge on any atom is -0.396 e. The summed E-state index contributed by atoms with van der Waals surface area (Å²) in [5.41, 5.74) is 0.456. The maximum Gasteiger partial charge on any atom is 0.270 e. The van der Waals surface area contributed by atoms with E-state index in [1.807, 2.05) is 30.3 Å². The Labute approximate surface area is 106 Å². The van der Waals surface area contributed by atoms with Crippen molar-refractivity contribution in [1.29, 1.82) is 0 Å². The van der Waals surface area contributed by atoms with Crippen molar-refractivity contribution in [2.75, 3.05) is 13.2 Å². The number of carbonyl (C=O) groups is 1. The summed E-state index contributed by atoms with van der Waals surface area (Å²) in [6.07, 6.45) is 3.11. The molecule has 1 aromatic heterocycles. The summed E-state index contributed by atoms with van der Waals surface area (Å²) in [6.45, 7) is 0.715. The van der Waals surface area contributed by atoms with Gasteiger partial charge in [0.25, 0.3) is 5.91 Å². The van der Waals surface area contributed by atoms with Gasteiger partial charge in [-0.2, -0.15) is 0 Å². The summed E-state index contributed by atoms with van der Waals surface area (Å²) in [6, 6.07) is 9.57. The van der Waals surface area contributed by atoms with E-state index in [0.29, 0.717) is 18.7 Å². The van der Waals surface area contributed by atoms with Crippen molar-refractivity contribution in [3.05, 3.63) is 42.2 Å². The van der Waals surface area contributed by atoms with Crippen molar-refractivity contribution in [2.45, 2.75) is 12.8 Å². The second-order valence-corrected chi connectivity index (χ2v) is 4.07. The Hall–Kier alpha value is -1.94. The minimum atomic E-state index is -0.162. The number of benzene rings is 1. The molecule has 0 spiro atoms. The van der Waals surface area contributed by atoms with Gasteiger partial charge in [-0.25, -0.2) is 0 Å². The average Bonchev–Trinajstić information content (AvgIpc) is 2.43. The molecule has 0 unspecified atom stereocenters. The molecule has 1 amide bonds. The third-order valence-electron chi connectivity index (χ3n) is 2.76. The van der Waals surface area contributed by atoms with Crippen molar-refractivity contribution < 1.29 is 9.90 Å². The third-order valence-corrected chi connectivity index (χ3v) is 2.76. The maximum atomic E-state index is 12.0. The summed E-state index contributed by atoms with van der Waals surface area (Å²) in [5, 5.41) is 13.3. The van der Waals surface area contributed by atoms with Crippen LogP contribution >= 0.6 is 0 Å². The summed E-state index contributed by atoms with van der Waals surface area (Å²) in [4.78, 5) is 16.1. The lowest BCUT2D eigenvalue weighted by molar-refractivity contribution is 0.0949. The molecular weight excluding hydrogens is 228 g/mol. The van der Waals surface area contributed by atoms with Crippen LogP contribution in [0.3, 0.4) is 0 Å². The topological polar surface area (TPSA) is 62.2 Å². The molecular formula is C14H16N2O2. The summed E-state index contributed by atoms with van der Waals surface area (Å²) in [5.74, 6) is -0.162. The van der Waals surface area contributed by atoms with E-state index in [2.05, 4.69) is 10.3 Å². The van der Waals surface area contributed by atoms with E-state index in [0.717, 1.165) is 17.2 Å². The number of rotatable bonds is 5. The highest BCUT2D eigenvalue weighted by Crippen LogP contribution is 2.15. The third kappa shape index (κ3) is 2.84. The number of hydrogen-bond acceptors (Lipinski definition) is 3. The molecule has 0 saturated heterocycles. The first-order valence-electron chi connectivity index (χ1n) is 6.06. The summed E-state index contributed by atoms with van der Waals surface area (Å²) < 4.78 is 0. The Morgan fingerprint density at radius 1 is 1.22 bits per heavy atom. The fourth-order valence-corrected chi connectivity index (χ4v) is 1.82. The second-order valence-electron chi connectivity index (χ2n) is 4.07. The van der Waals surface area contributed by atoms with Crippen LogP contribution in [0.15, 0.2) is 36.5 Å². The lowest BCUT2D eigenvalue weighted by atomic mass is 10.1. The Bertz CT molecular complexity index is 535. The normalized spacial score (nSPS) is 10.5. The highest BCUT2D eigenvalue weighted by atomic mass is 16.2. The number of aliphatic hydroxyl groups excluding tert-OH is 1. The number of nitrogens with zero attached hydrogens (tertiary/aromatic N) is 1. The van der Waals surface area contributed by atoms with Crippen LogP contribution in [0.25, 0.3) is 10.8 Å². The smallest absolute Gasteiger partial charge is 0.270 e. The van der Waals surface area contributed by atoms with Gasteiger partial charge in [0.05, 0.1) is 0 Å². The van der Waals surface area contributed by atoms with Gasteiger partial charge in [-0.05, 0) is 24.3 Å². The van der Waals surface area contributed by atoms with E-state index >= 15 is 0 Å². The predicted molar refractivity (Wildman–Crippen MR) is 70.4 cm³/mol. The van der Waals surface area contributed by atoms with Crippen LogP contribution in [0.4, 0.5) is 0 Å². The number of nitrogens with one attached hydrogen (secondary N) is 1. The summed E-state index contributed by atoms with van der Waals surface area (Å²) in [7, 11) is 0. The zero-order valence-electron chi connectivity index (χ0n) is 10.1. The Kier molecular flexibility index (Phi) is 4.25. The SMILES string of the molecule is O=C(NCCCCO)c1nccc2ccccc12. The standard InChI is InChI=1S/C14H16N2O2/c17-10-4-3-8-16-14(18)13-12-6-2-1-5-11(12)7-9-15-13/h1-2,5-7,9,17H,3-4,8,10H2,(H,16,18). The molecule has 0 bridgehead atoms. The van der Waals surface area contributed by atoms with Crippen LogP contribution in [0.2, 0.25) is 0 Å². The van der Waals surface area contributed by atoms with Gasteiger partial charge in [-0.1, -0.05) is 24.3 Å². The first kappa shape index (κ1) is 12.5. The molecule has 1 aromatic carbocycles. The lowest BCUT2D eigenvalue weighted by Gasteiger charge is -2.06. The predicted octanol–water partition coefficient (Wildman–Crippen LogP) is 1.74. The maximum absolute atomic E-state index is 12.0.